The van der Waals surface area contributed by atoms with Crippen molar-refractivity contribution in [1.82, 2.24) is 10.2 Å². The first-order chi connectivity index (χ1) is 9.79. The molecule has 0 unspecified atom stereocenters. The molecule has 0 bridgehead atoms. The van der Waals surface area contributed by atoms with Crippen molar-refractivity contribution in [1.29, 1.82) is 0 Å². The molecule has 0 aliphatic heterocycles. The van der Waals surface area contributed by atoms with E-state index in [-0.39, 0.29) is 0 Å². The highest BCUT2D eigenvalue weighted by Gasteiger charge is 2.05. The van der Waals surface area contributed by atoms with Crippen LogP contribution in [0, 0.1) is 0 Å². The number of hydrogen-bond acceptors (Lipinski definition) is 2. The molecule has 0 saturated carbocycles. The van der Waals surface area contributed by atoms with E-state index < -0.39 is 0 Å². The normalized spacial score (nSPS) is 10.9. The number of benzene rings is 2. The molecule has 2 heteroatoms. The number of hydrogen-bond donors (Lipinski definition) is 1. The molecule has 0 aromatic heterocycles. The maximum absolute atomic E-state index is 3.24. The lowest BCUT2D eigenvalue weighted by molar-refractivity contribution is 0.330. The molecule has 2 aromatic rings. The molecular formula is C18H24N2. The minimum absolute atomic E-state index is 0.933. The zero-order valence-corrected chi connectivity index (χ0v) is 12.5. The van der Waals surface area contributed by atoms with Crippen LogP contribution in [0.25, 0.3) is 0 Å². The van der Waals surface area contributed by atoms with Gasteiger partial charge in [-0.15, -0.1) is 0 Å². The van der Waals surface area contributed by atoms with Crippen LogP contribution in [0.4, 0.5) is 0 Å². The van der Waals surface area contributed by atoms with E-state index in [9.17, 15) is 0 Å². The zero-order chi connectivity index (χ0) is 14.2. The number of rotatable bonds is 7. The molecule has 106 valence electrons. The Hall–Kier alpha value is -1.64. The lowest BCUT2D eigenvalue weighted by Gasteiger charge is -2.19. The van der Waals surface area contributed by atoms with Gasteiger partial charge in [0.2, 0.25) is 0 Å². The Morgan fingerprint density at radius 3 is 2.25 bits per heavy atom. The van der Waals surface area contributed by atoms with E-state index in [1.165, 1.54) is 16.7 Å². The summed E-state index contributed by atoms with van der Waals surface area (Å²) in [6, 6.07) is 19.4. The summed E-state index contributed by atoms with van der Waals surface area (Å²) in [6.07, 6.45) is 1.10. The standard InChI is InChI=1S/C18H24N2/c1-19-14-17-10-6-7-11-18(17)15-20(2)13-12-16-8-4-3-5-9-16/h3-11,19H,12-15H2,1-2H3. The van der Waals surface area contributed by atoms with Gasteiger partial charge in [-0.2, -0.15) is 0 Å². The number of likely N-dealkylation sites (N-methyl/N-ethyl adjacent to an activating group) is 1. The lowest BCUT2D eigenvalue weighted by Crippen LogP contribution is -2.22. The van der Waals surface area contributed by atoms with Crippen molar-refractivity contribution >= 4 is 0 Å². The van der Waals surface area contributed by atoms with E-state index in [0.29, 0.717) is 0 Å². The van der Waals surface area contributed by atoms with Gasteiger partial charge in [-0.25, -0.2) is 0 Å². The van der Waals surface area contributed by atoms with Crippen LogP contribution in [-0.2, 0) is 19.5 Å². The molecule has 2 aromatic carbocycles. The maximum atomic E-state index is 3.24. The Bertz CT molecular complexity index is 508. The fourth-order valence-corrected chi connectivity index (χ4v) is 2.41. The molecule has 1 N–H and O–H groups in total. The quantitative estimate of drug-likeness (QED) is 0.830. The highest BCUT2D eigenvalue weighted by Crippen LogP contribution is 2.11. The van der Waals surface area contributed by atoms with Crippen molar-refractivity contribution in [3.8, 4) is 0 Å². The van der Waals surface area contributed by atoms with Crippen LogP contribution in [-0.4, -0.2) is 25.5 Å². The van der Waals surface area contributed by atoms with Gasteiger partial charge in [-0.1, -0.05) is 54.6 Å². The van der Waals surface area contributed by atoms with Gasteiger partial charge < -0.3 is 10.2 Å². The third-order valence-corrected chi connectivity index (χ3v) is 3.55. The second-order valence-electron chi connectivity index (χ2n) is 5.27. The van der Waals surface area contributed by atoms with Gasteiger partial charge >= 0.3 is 0 Å². The van der Waals surface area contributed by atoms with Crippen LogP contribution in [0.2, 0.25) is 0 Å². The van der Waals surface area contributed by atoms with Gasteiger partial charge in [0, 0.05) is 19.6 Å². The van der Waals surface area contributed by atoms with Gasteiger partial charge in [0.1, 0.15) is 0 Å². The first-order valence-electron chi connectivity index (χ1n) is 7.23. The molecule has 2 rings (SSSR count). The van der Waals surface area contributed by atoms with Crippen LogP contribution in [0.3, 0.4) is 0 Å². The predicted molar refractivity (Wildman–Crippen MR) is 85.7 cm³/mol. The molecule has 0 heterocycles. The molecule has 0 spiro atoms. The first kappa shape index (κ1) is 14.8. The Morgan fingerprint density at radius 2 is 1.55 bits per heavy atom. The monoisotopic (exact) mass is 268 g/mol. The maximum Gasteiger partial charge on any atom is 0.0234 e. The third kappa shape index (κ3) is 4.48. The smallest absolute Gasteiger partial charge is 0.0234 e. The molecule has 0 saturated heterocycles. The third-order valence-electron chi connectivity index (χ3n) is 3.55. The second-order valence-corrected chi connectivity index (χ2v) is 5.27. The average molecular weight is 268 g/mol. The number of nitrogens with zero attached hydrogens (tertiary/aromatic N) is 1. The van der Waals surface area contributed by atoms with Crippen LogP contribution in [0.5, 0.6) is 0 Å². The highest BCUT2D eigenvalue weighted by atomic mass is 15.1. The Balaban J connectivity index is 1.89. The van der Waals surface area contributed by atoms with Crippen molar-refractivity contribution in [2.75, 3.05) is 20.6 Å². The van der Waals surface area contributed by atoms with Crippen LogP contribution >= 0.6 is 0 Å². The fourth-order valence-electron chi connectivity index (χ4n) is 2.41. The summed E-state index contributed by atoms with van der Waals surface area (Å²) in [5.74, 6) is 0. The number of nitrogens with one attached hydrogen (secondary N) is 1. The van der Waals surface area contributed by atoms with Gasteiger partial charge in [0.05, 0.1) is 0 Å². The summed E-state index contributed by atoms with van der Waals surface area (Å²) in [6.45, 7) is 3.02. The van der Waals surface area contributed by atoms with E-state index in [0.717, 1.165) is 26.1 Å². The minimum Gasteiger partial charge on any atom is -0.316 e. The summed E-state index contributed by atoms with van der Waals surface area (Å²) in [4.78, 5) is 2.39. The van der Waals surface area contributed by atoms with Gasteiger partial charge in [0.25, 0.3) is 0 Å². The largest absolute Gasteiger partial charge is 0.316 e. The van der Waals surface area contributed by atoms with Crippen molar-refractivity contribution in [2.24, 2.45) is 0 Å². The zero-order valence-electron chi connectivity index (χ0n) is 12.5. The van der Waals surface area contributed by atoms with Crippen LogP contribution in [0.1, 0.15) is 16.7 Å². The summed E-state index contributed by atoms with van der Waals surface area (Å²) >= 11 is 0. The predicted octanol–water partition coefficient (Wildman–Crippen LogP) is 3.08. The molecule has 0 amide bonds. The first-order valence-corrected chi connectivity index (χ1v) is 7.23. The van der Waals surface area contributed by atoms with Crippen LogP contribution in [0.15, 0.2) is 54.6 Å². The highest BCUT2D eigenvalue weighted by molar-refractivity contribution is 5.27. The Labute approximate surface area is 122 Å². The molecule has 0 fully saturated rings. The molecule has 20 heavy (non-hydrogen) atoms. The summed E-state index contributed by atoms with van der Waals surface area (Å²) < 4.78 is 0. The topological polar surface area (TPSA) is 15.3 Å². The molecule has 0 aliphatic carbocycles. The van der Waals surface area contributed by atoms with Gasteiger partial charge in [-0.05, 0) is 37.2 Å². The second kappa shape index (κ2) is 7.83. The fraction of sp³-hybridized carbons (Fsp3) is 0.333. The van der Waals surface area contributed by atoms with Crippen molar-refractivity contribution < 1.29 is 0 Å². The summed E-state index contributed by atoms with van der Waals surface area (Å²) in [5, 5.41) is 3.24. The molecule has 0 atom stereocenters. The molecular weight excluding hydrogens is 244 g/mol. The van der Waals surface area contributed by atoms with Gasteiger partial charge in [-0.3, -0.25) is 0 Å². The SMILES string of the molecule is CNCc1ccccc1CN(C)CCc1ccccc1. The summed E-state index contributed by atoms with van der Waals surface area (Å²) in [5.41, 5.74) is 4.21. The minimum atomic E-state index is 0.933. The molecule has 0 radical (unpaired) electrons. The average Bonchev–Trinajstić information content (AvgIpc) is 2.49. The summed E-state index contributed by atoms with van der Waals surface area (Å²) in [7, 11) is 4.19. The van der Waals surface area contributed by atoms with Crippen LogP contribution < -0.4 is 5.32 Å². The Morgan fingerprint density at radius 1 is 0.900 bits per heavy atom. The lowest BCUT2D eigenvalue weighted by atomic mass is 10.1. The van der Waals surface area contributed by atoms with Gasteiger partial charge in [0.15, 0.2) is 0 Å². The van der Waals surface area contributed by atoms with E-state index in [2.05, 4.69) is 71.9 Å². The van der Waals surface area contributed by atoms with E-state index in [4.69, 9.17) is 0 Å². The van der Waals surface area contributed by atoms with E-state index in [1.807, 2.05) is 7.05 Å². The molecule has 0 aliphatic rings. The van der Waals surface area contributed by atoms with Crippen molar-refractivity contribution in [3.63, 3.8) is 0 Å². The van der Waals surface area contributed by atoms with Crippen molar-refractivity contribution in [2.45, 2.75) is 19.5 Å². The van der Waals surface area contributed by atoms with E-state index >= 15 is 0 Å². The van der Waals surface area contributed by atoms with Crippen molar-refractivity contribution in [3.05, 3.63) is 71.3 Å². The Kier molecular flexibility index (Phi) is 5.78. The molecule has 2 nitrogen and oxygen atoms in total. The van der Waals surface area contributed by atoms with E-state index in [1.54, 1.807) is 0 Å².